The van der Waals surface area contributed by atoms with E-state index in [0.717, 1.165) is 29.8 Å². The third-order valence-corrected chi connectivity index (χ3v) is 2.68. The molecular formula is C11H18N2O2. The van der Waals surface area contributed by atoms with Gasteiger partial charge in [0.1, 0.15) is 5.69 Å². The maximum atomic E-state index is 11.4. The van der Waals surface area contributed by atoms with Gasteiger partial charge in [0.25, 0.3) is 0 Å². The Balaban J connectivity index is 2.96. The normalized spacial score (nSPS) is 10.4. The van der Waals surface area contributed by atoms with Crippen molar-refractivity contribution in [3.05, 3.63) is 22.5 Å². The van der Waals surface area contributed by atoms with Gasteiger partial charge in [0, 0.05) is 18.7 Å². The maximum absolute atomic E-state index is 11.4. The highest BCUT2D eigenvalue weighted by atomic mass is 16.5. The average molecular weight is 210 g/mol. The second kappa shape index (κ2) is 4.98. The average Bonchev–Trinajstić information content (AvgIpc) is 2.53. The number of carbonyl (C=O) groups is 1. The highest BCUT2D eigenvalue weighted by Crippen LogP contribution is 2.18. The van der Waals surface area contributed by atoms with Gasteiger partial charge in [0.2, 0.25) is 0 Å². The largest absolute Gasteiger partial charge is 0.464 e. The fourth-order valence-electron chi connectivity index (χ4n) is 1.56. The summed E-state index contributed by atoms with van der Waals surface area (Å²) in [6.07, 6.45) is 0.889. The van der Waals surface area contributed by atoms with Crippen molar-refractivity contribution >= 4 is 5.97 Å². The third kappa shape index (κ3) is 2.39. The quantitative estimate of drug-likeness (QED) is 0.734. The van der Waals surface area contributed by atoms with E-state index in [-0.39, 0.29) is 5.97 Å². The van der Waals surface area contributed by atoms with E-state index in [1.54, 1.807) is 0 Å². The number of carbonyl (C=O) groups excluding carboxylic acids is 1. The summed E-state index contributed by atoms with van der Waals surface area (Å²) in [5, 5.41) is 3.08. The number of aromatic amines is 1. The van der Waals surface area contributed by atoms with Crippen LogP contribution in [0, 0.1) is 13.8 Å². The molecule has 1 aromatic heterocycles. The molecule has 0 spiro atoms. The lowest BCUT2D eigenvalue weighted by Gasteiger charge is -1.98. The van der Waals surface area contributed by atoms with Gasteiger partial charge >= 0.3 is 5.97 Å². The topological polar surface area (TPSA) is 54.1 Å². The molecule has 4 nitrogen and oxygen atoms in total. The fourth-order valence-corrected chi connectivity index (χ4v) is 1.56. The van der Waals surface area contributed by atoms with Crippen LogP contribution in [0.2, 0.25) is 0 Å². The second-order valence-electron chi connectivity index (χ2n) is 3.57. The van der Waals surface area contributed by atoms with Crippen LogP contribution >= 0.6 is 0 Å². The number of hydrogen-bond donors (Lipinski definition) is 2. The standard InChI is InChI=1S/C11H18N2O2/c1-7-8(2)10(11(14)15-4)13-9(7)5-6-12-3/h12-13H,5-6H2,1-4H3. The van der Waals surface area contributed by atoms with Crippen LogP contribution < -0.4 is 5.32 Å². The predicted octanol–water partition coefficient (Wildman–Crippen LogP) is 1.18. The van der Waals surface area contributed by atoms with Gasteiger partial charge in [-0.15, -0.1) is 0 Å². The number of likely N-dealkylation sites (N-methyl/N-ethyl adjacent to an activating group) is 1. The van der Waals surface area contributed by atoms with Crippen LogP contribution in [-0.2, 0) is 11.2 Å². The van der Waals surface area contributed by atoms with Crippen molar-refractivity contribution in [2.24, 2.45) is 0 Å². The summed E-state index contributed by atoms with van der Waals surface area (Å²) < 4.78 is 4.70. The summed E-state index contributed by atoms with van der Waals surface area (Å²) in [7, 11) is 3.30. The Morgan fingerprint density at radius 1 is 1.40 bits per heavy atom. The Kier molecular flexibility index (Phi) is 3.91. The summed E-state index contributed by atoms with van der Waals surface area (Å²) in [5.74, 6) is -0.300. The third-order valence-electron chi connectivity index (χ3n) is 2.68. The smallest absolute Gasteiger partial charge is 0.354 e. The molecule has 1 rings (SSSR count). The fraction of sp³-hybridized carbons (Fsp3) is 0.545. The number of hydrogen-bond acceptors (Lipinski definition) is 3. The predicted molar refractivity (Wildman–Crippen MR) is 59.2 cm³/mol. The summed E-state index contributed by atoms with van der Waals surface area (Å²) in [6.45, 7) is 4.84. The summed E-state index contributed by atoms with van der Waals surface area (Å²) in [4.78, 5) is 14.5. The van der Waals surface area contributed by atoms with E-state index in [2.05, 4.69) is 10.3 Å². The molecule has 0 bridgehead atoms. The van der Waals surface area contributed by atoms with Gasteiger partial charge in [0.15, 0.2) is 0 Å². The molecule has 2 N–H and O–H groups in total. The number of nitrogens with one attached hydrogen (secondary N) is 2. The van der Waals surface area contributed by atoms with E-state index < -0.39 is 0 Å². The molecule has 0 amide bonds. The lowest BCUT2D eigenvalue weighted by Crippen LogP contribution is -2.11. The van der Waals surface area contributed by atoms with E-state index in [9.17, 15) is 4.79 Å². The van der Waals surface area contributed by atoms with Crippen LogP contribution in [0.3, 0.4) is 0 Å². The molecule has 0 aliphatic carbocycles. The van der Waals surface area contributed by atoms with Gasteiger partial charge in [-0.2, -0.15) is 0 Å². The van der Waals surface area contributed by atoms with Crippen LogP contribution in [0.25, 0.3) is 0 Å². The van der Waals surface area contributed by atoms with Crippen molar-refractivity contribution in [2.45, 2.75) is 20.3 Å². The maximum Gasteiger partial charge on any atom is 0.354 e. The zero-order chi connectivity index (χ0) is 11.4. The SMILES string of the molecule is CNCCc1[nH]c(C(=O)OC)c(C)c1C. The van der Waals surface area contributed by atoms with Crippen LogP contribution in [0.15, 0.2) is 0 Å². The highest BCUT2D eigenvalue weighted by Gasteiger charge is 2.16. The Morgan fingerprint density at radius 2 is 2.07 bits per heavy atom. The van der Waals surface area contributed by atoms with Gasteiger partial charge in [-0.3, -0.25) is 0 Å². The molecule has 0 aliphatic rings. The molecule has 1 heterocycles. The molecule has 0 radical (unpaired) electrons. The number of ether oxygens (including phenoxy) is 1. The van der Waals surface area contributed by atoms with Gasteiger partial charge in [0.05, 0.1) is 7.11 Å². The number of rotatable bonds is 4. The zero-order valence-electron chi connectivity index (χ0n) is 9.73. The Bertz CT molecular complexity index is 356. The first kappa shape index (κ1) is 11.8. The summed E-state index contributed by atoms with van der Waals surface area (Å²) in [6, 6.07) is 0. The van der Waals surface area contributed by atoms with Crippen molar-refractivity contribution < 1.29 is 9.53 Å². The molecule has 0 atom stereocenters. The van der Waals surface area contributed by atoms with Gasteiger partial charge in [-0.25, -0.2) is 4.79 Å². The zero-order valence-corrected chi connectivity index (χ0v) is 9.73. The van der Waals surface area contributed by atoms with Crippen molar-refractivity contribution in [3.8, 4) is 0 Å². The minimum Gasteiger partial charge on any atom is -0.464 e. The molecule has 0 aliphatic heterocycles. The number of H-pyrrole nitrogens is 1. The number of methoxy groups -OCH3 is 1. The molecular weight excluding hydrogens is 192 g/mol. The van der Waals surface area contributed by atoms with Crippen molar-refractivity contribution in [1.82, 2.24) is 10.3 Å². The molecule has 1 aromatic rings. The van der Waals surface area contributed by atoms with Crippen LogP contribution in [0.4, 0.5) is 0 Å². The second-order valence-corrected chi connectivity index (χ2v) is 3.57. The number of aromatic nitrogens is 1. The van der Waals surface area contributed by atoms with Crippen LogP contribution in [-0.4, -0.2) is 31.7 Å². The van der Waals surface area contributed by atoms with Crippen molar-refractivity contribution in [1.29, 1.82) is 0 Å². The molecule has 84 valence electrons. The van der Waals surface area contributed by atoms with E-state index in [1.165, 1.54) is 7.11 Å². The number of esters is 1. The first-order chi connectivity index (χ1) is 7.11. The van der Waals surface area contributed by atoms with Crippen LogP contribution in [0.1, 0.15) is 27.3 Å². The first-order valence-electron chi connectivity index (χ1n) is 5.02. The Labute approximate surface area is 90.0 Å². The van der Waals surface area contributed by atoms with Gasteiger partial charge in [-0.05, 0) is 32.0 Å². The summed E-state index contributed by atoms with van der Waals surface area (Å²) >= 11 is 0. The monoisotopic (exact) mass is 210 g/mol. The van der Waals surface area contributed by atoms with Crippen LogP contribution in [0.5, 0.6) is 0 Å². The van der Waals surface area contributed by atoms with E-state index in [0.29, 0.717) is 5.69 Å². The summed E-state index contributed by atoms with van der Waals surface area (Å²) in [5.41, 5.74) is 3.79. The van der Waals surface area contributed by atoms with E-state index in [4.69, 9.17) is 4.74 Å². The molecule has 0 saturated heterocycles. The minimum atomic E-state index is -0.300. The van der Waals surface area contributed by atoms with E-state index >= 15 is 0 Å². The molecule has 0 fully saturated rings. The molecule has 0 saturated carbocycles. The lowest BCUT2D eigenvalue weighted by molar-refractivity contribution is 0.0594. The Hall–Kier alpha value is -1.29. The van der Waals surface area contributed by atoms with Gasteiger partial charge in [-0.1, -0.05) is 0 Å². The van der Waals surface area contributed by atoms with Gasteiger partial charge < -0.3 is 15.0 Å². The van der Waals surface area contributed by atoms with E-state index in [1.807, 2.05) is 20.9 Å². The van der Waals surface area contributed by atoms with Crippen molar-refractivity contribution in [2.75, 3.05) is 20.7 Å². The molecule has 15 heavy (non-hydrogen) atoms. The lowest BCUT2D eigenvalue weighted by atomic mass is 10.1. The minimum absolute atomic E-state index is 0.300. The molecule has 4 heteroatoms. The highest BCUT2D eigenvalue weighted by molar-refractivity contribution is 5.89. The molecule has 0 unspecified atom stereocenters. The first-order valence-corrected chi connectivity index (χ1v) is 5.02. The molecule has 0 aromatic carbocycles. The Morgan fingerprint density at radius 3 is 2.60 bits per heavy atom. The van der Waals surface area contributed by atoms with Crippen molar-refractivity contribution in [3.63, 3.8) is 0 Å².